The number of ether oxygens (including phenoxy) is 1. The Kier molecular flexibility index (Phi) is 4.59. The topological polar surface area (TPSA) is 75.8 Å². The highest BCUT2D eigenvalue weighted by atomic mass is 16.5. The summed E-state index contributed by atoms with van der Waals surface area (Å²) in [5.74, 6) is 0.367. The summed E-state index contributed by atoms with van der Waals surface area (Å²) in [6, 6.07) is 8.19. The Balaban J connectivity index is 2.16. The van der Waals surface area contributed by atoms with Crippen LogP contribution < -0.4 is 0 Å². The van der Waals surface area contributed by atoms with Gasteiger partial charge in [-0.3, -0.25) is 4.79 Å². The first kappa shape index (κ1) is 15.1. The molecule has 1 atom stereocenters. The molecule has 6 nitrogen and oxygen atoms in total. The molecule has 2 aromatic rings. The fourth-order valence-corrected chi connectivity index (χ4v) is 2.03. The van der Waals surface area contributed by atoms with E-state index < -0.39 is 0 Å². The van der Waals surface area contributed by atoms with Gasteiger partial charge in [-0.05, 0) is 13.0 Å². The standard InChI is InChI=1S/C15H18N2O4/c1-10(12-6-4-5-7-14(12)18)17(2)15(19)13-8-11(9-20-3)21-16-13/h4-8,10,18H,9H2,1-3H3. The molecule has 112 valence electrons. The Morgan fingerprint density at radius 3 is 2.86 bits per heavy atom. The number of phenols is 1. The lowest BCUT2D eigenvalue weighted by atomic mass is 10.1. The van der Waals surface area contributed by atoms with Crippen molar-refractivity contribution in [3.8, 4) is 5.75 Å². The molecule has 1 aromatic heterocycles. The number of hydrogen-bond donors (Lipinski definition) is 1. The Bertz CT molecular complexity index is 624. The first-order chi connectivity index (χ1) is 10.0. The van der Waals surface area contributed by atoms with Crippen LogP contribution in [0.3, 0.4) is 0 Å². The van der Waals surface area contributed by atoms with Gasteiger partial charge in [0.15, 0.2) is 11.5 Å². The van der Waals surface area contributed by atoms with Gasteiger partial charge in [-0.15, -0.1) is 0 Å². The number of rotatable bonds is 5. The van der Waals surface area contributed by atoms with Crippen LogP contribution in [0.15, 0.2) is 34.9 Å². The highest BCUT2D eigenvalue weighted by Crippen LogP contribution is 2.28. The number of methoxy groups -OCH3 is 1. The molecule has 6 heteroatoms. The molecular formula is C15H18N2O4. The molecule has 0 aliphatic rings. The maximum absolute atomic E-state index is 12.4. The molecule has 0 fully saturated rings. The lowest BCUT2D eigenvalue weighted by Gasteiger charge is -2.24. The van der Waals surface area contributed by atoms with Gasteiger partial charge in [0.05, 0.1) is 6.04 Å². The molecule has 0 saturated heterocycles. The van der Waals surface area contributed by atoms with E-state index in [-0.39, 0.29) is 30.0 Å². The van der Waals surface area contributed by atoms with Crippen LogP contribution in [0, 0.1) is 0 Å². The maximum Gasteiger partial charge on any atom is 0.276 e. The van der Waals surface area contributed by atoms with Gasteiger partial charge >= 0.3 is 0 Å². The molecule has 1 unspecified atom stereocenters. The van der Waals surface area contributed by atoms with Gasteiger partial charge in [0.25, 0.3) is 5.91 Å². The monoisotopic (exact) mass is 290 g/mol. The third-order valence-corrected chi connectivity index (χ3v) is 3.35. The van der Waals surface area contributed by atoms with Crippen LogP contribution in [0.25, 0.3) is 0 Å². The van der Waals surface area contributed by atoms with Gasteiger partial charge < -0.3 is 19.3 Å². The minimum absolute atomic E-state index is 0.157. The Labute approximate surface area is 122 Å². The predicted molar refractivity (Wildman–Crippen MR) is 75.8 cm³/mol. The van der Waals surface area contributed by atoms with Crippen molar-refractivity contribution in [2.45, 2.75) is 19.6 Å². The molecule has 0 spiro atoms. The third kappa shape index (κ3) is 3.22. The number of carbonyl (C=O) groups excluding carboxylic acids is 1. The number of phenolic OH excluding ortho intramolecular Hbond substituents is 1. The second-order valence-electron chi connectivity index (χ2n) is 4.76. The van der Waals surface area contributed by atoms with Crippen LogP contribution in [0.4, 0.5) is 0 Å². The van der Waals surface area contributed by atoms with E-state index >= 15 is 0 Å². The Morgan fingerprint density at radius 1 is 1.48 bits per heavy atom. The first-order valence-corrected chi connectivity index (χ1v) is 6.54. The predicted octanol–water partition coefficient (Wildman–Crippen LogP) is 2.36. The normalized spacial score (nSPS) is 12.1. The van der Waals surface area contributed by atoms with Crippen molar-refractivity contribution in [3.63, 3.8) is 0 Å². The molecule has 0 saturated carbocycles. The quantitative estimate of drug-likeness (QED) is 0.914. The fourth-order valence-electron chi connectivity index (χ4n) is 2.03. The van der Waals surface area contributed by atoms with Gasteiger partial charge in [-0.1, -0.05) is 23.4 Å². The number of benzene rings is 1. The second kappa shape index (κ2) is 6.41. The van der Waals surface area contributed by atoms with E-state index in [2.05, 4.69) is 5.16 Å². The second-order valence-corrected chi connectivity index (χ2v) is 4.76. The third-order valence-electron chi connectivity index (χ3n) is 3.35. The Morgan fingerprint density at radius 2 is 2.19 bits per heavy atom. The smallest absolute Gasteiger partial charge is 0.276 e. The lowest BCUT2D eigenvalue weighted by Crippen LogP contribution is -2.29. The fraction of sp³-hybridized carbons (Fsp3) is 0.333. The first-order valence-electron chi connectivity index (χ1n) is 6.54. The summed E-state index contributed by atoms with van der Waals surface area (Å²) in [5.41, 5.74) is 0.890. The highest BCUT2D eigenvalue weighted by molar-refractivity contribution is 5.92. The van der Waals surface area contributed by atoms with Crippen LogP contribution in [0.5, 0.6) is 5.75 Å². The molecule has 0 aliphatic heterocycles. The van der Waals surface area contributed by atoms with Crippen LogP contribution in [0.1, 0.15) is 34.8 Å². The lowest BCUT2D eigenvalue weighted by molar-refractivity contribution is 0.0730. The number of nitrogens with zero attached hydrogens (tertiary/aromatic N) is 2. The summed E-state index contributed by atoms with van der Waals surface area (Å²) in [4.78, 5) is 13.9. The van der Waals surface area contributed by atoms with E-state index in [0.717, 1.165) is 0 Å². The van der Waals surface area contributed by atoms with Crippen molar-refractivity contribution in [1.82, 2.24) is 10.1 Å². The summed E-state index contributed by atoms with van der Waals surface area (Å²) < 4.78 is 9.94. The summed E-state index contributed by atoms with van der Waals surface area (Å²) in [6.07, 6.45) is 0. The largest absolute Gasteiger partial charge is 0.508 e. The summed E-state index contributed by atoms with van der Waals surface area (Å²) in [7, 11) is 3.19. The number of para-hydroxylation sites is 1. The van der Waals surface area contributed by atoms with Gasteiger partial charge in [0.2, 0.25) is 0 Å². The summed E-state index contributed by atoms with van der Waals surface area (Å²) >= 11 is 0. The van der Waals surface area contributed by atoms with Crippen molar-refractivity contribution in [2.24, 2.45) is 0 Å². The molecule has 0 radical (unpaired) electrons. The van der Waals surface area contributed by atoms with Crippen LogP contribution in [-0.2, 0) is 11.3 Å². The molecule has 2 rings (SSSR count). The van der Waals surface area contributed by atoms with Gasteiger partial charge in [-0.2, -0.15) is 0 Å². The van der Waals surface area contributed by atoms with E-state index in [1.54, 1.807) is 31.3 Å². The number of hydrogen-bond acceptors (Lipinski definition) is 5. The van der Waals surface area contributed by atoms with E-state index in [0.29, 0.717) is 11.3 Å². The molecule has 0 aliphatic carbocycles. The van der Waals surface area contributed by atoms with E-state index in [1.165, 1.54) is 12.0 Å². The van der Waals surface area contributed by atoms with Gasteiger partial charge in [0, 0.05) is 25.8 Å². The minimum Gasteiger partial charge on any atom is -0.508 e. The van der Waals surface area contributed by atoms with Crippen molar-refractivity contribution < 1.29 is 19.2 Å². The zero-order chi connectivity index (χ0) is 15.4. The van der Waals surface area contributed by atoms with Gasteiger partial charge in [0.1, 0.15) is 12.4 Å². The molecule has 1 aromatic carbocycles. The van der Waals surface area contributed by atoms with Crippen molar-refractivity contribution >= 4 is 5.91 Å². The maximum atomic E-state index is 12.4. The summed E-state index contributed by atoms with van der Waals surface area (Å²) in [5, 5.41) is 13.6. The van der Waals surface area contributed by atoms with Crippen molar-refractivity contribution in [3.05, 3.63) is 47.3 Å². The van der Waals surface area contributed by atoms with Crippen molar-refractivity contribution in [2.75, 3.05) is 14.2 Å². The van der Waals surface area contributed by atoms with Gasteiger partial charge in [-0.25, -0.2) is 0 Å². The van der Waals surface area contributed by atoms with Crippen LogP contribution >= 0.6 is 0 Å². The van der Waals surface area contributed by atoms with Crippen LogP contribution in [-0.4, -0.2) is 35.2 Å². The minimum atomic E-state index is -0.290. The van der Waals surface area contributed by atoms with Crippen molar-refractivity contribution in [1.29, 1.82) is 0 Å². The number of aromatic hydroxyl groups is 1. The van der Waals surface area contributed by atoms with Crippen LogP contribution in [0.2, 0.25) is 0 Å². The molecule has 0 bridgehead atoms. The number of aromatic nitrogens is 1. The average molecular weight is 290 g/mol. The average Bonchev–Trinajstić information content (AvgIpc) is 2.94. The molecule has 21 heavy (non-hydrogen) atoms. The molecule has 1 amide bonds. The summed E-state index contributed by atoms with van der Waals surface area (Å²) in [6.45, 7) is 2.10. The SMILES string of the molecule is COCc1cc(C(=O)N(C)C(C)c2ccccc2O)no1. The Hall–Kier alpha value is -2.34. The zero-order valence-electron chi connectivity index (χ0n) is 12.2. The molecular weight excluding hydrogens is 272 g/mol. The zero-order valence-corrected chi connectivity index (χ0v) is 12.2. The van der Waals surface area contributed by atoms with E-state index in [4.69, 9.17) is 9.26 Å². The highest BCUT2D eigenvalue weighted by Gasteiger charge is 2.23. The van der Waals surface area contributed by atoms with E-state index in [9.17, 15) is 9.90 Å². The molecule has 1 N–H and O–H groups in total. The number of amides is 1. The van der Waals surface area contributed by atoms with E-state index in [1.807, 2.05) is 13.0 Å². The molecule has 1 heterocycles. The number of carbonyl (C=O) groups is 1.